The minimum atomic E-state index is -3.78. The molecule has 0 saturated carbocycles. The zero-order valence-electron chi connectivity index (χ0n) is 17.6. The van der Waals surface area contributed by atoms with E-state index in [1.807, 2.05) is 0 Å². The topological polar surface area (TPSA) is 73.0 Å². The molecule has 1 N–H and O–H groups in total. The first kappa shape index (κ1) is 23.1. The fourth-order valence-corrected chi connectivity index (χ4v) is 5.53. The van der Waals surface area contributed by atoms with Gasteiger partial charge in [0.05, 0.1) is 4.90 Å². The van der Waals surface area contributed by atoms with E-state index in [-0.39, 0.29) is 23.8 Å². The van der Waals surface area contributed by atoms with Crippen LogP contribution in [0, 0.1) is 5.82 Å². The minimum absolute atomic E-state index is 0.0214. The Balaban J connectivity index is 1.63. The monoisotopic (exact) mass is 440 g/mol. The number of piperazine rings is 1. The number of amides is 1. The van der Waals surface area contributed by atoms with Gasteiger partial charge in [0, 0.05) is 45.7 Å². The molecule has 0 aliphatic carbocycles. The highest BCUT2D eigenvalue weighted by molar-refractivity contribution is 7.89. The highest BCUT2D eigenvalue weighted by Crippen LogP contribution is 2.18. The molecule has 30 heavy (non-hydrogen) atoms. The second-order valence-electron chi connectivity index (χ2n) is 7.99. The molecule has 2 heterocycles. The summed E-state index contributed by atoms with van der Waals surface area (Å²) in [6, 6.07) is 4.90. The fraction of sp³-hybridized carbons (Fsp3) is 0.667. The summed E-state index contributed by atoms with van der Waals surface area (Å²) in [6.07, 6.45) is 4.51. The van der Waals surface area contributed by atoms with Gasteiger partial charge in [-0.25, -0.2) is 12.8 Å². The van der Waals surface area contributed by atoms with Crippen molar-refractivity contribution in [2.75, 3.05) is 58.9 Å². The van der Waals surface area contributed by atoms with Crippen molar-refractivity contribution in [2.45, 2.75) is 37.0 Å². The summed E-state index contributed by atoms with van der Waals surface area (Å²) in [5, 5.41) is 3.21. The Morgan fingerprint density at radius 2 is 1.67 bits per heavy atom. The molecule has 1 amide bonds. The van der Waals surface area contributed by atoms with Crippen molar-refractivity contribution in [1.29, 1.82) is 0 Å². The first-order chi connectivity index (χ1) is 14.5. The highest BCUT2D eigenvalue weighted by Gasteiger charge is 2.26. The molecule has 0 atom stereocenters. The summed E-state index contributed by atoms with van der Waals surface area (Å²) in [7, 11) is -3.78. The maximum atomic E-state index is 13.3. The van der Waals surface area contributed by atoms with Crippen LogP contribution in [0.5, 0.6) is 0 Å². The van der Waals surface area contributed by atoms with Gasteiger partial charge in [-0.05, 0) is 63.2 Å². The van der Waals surface area contributed by atoms with Crippen molar-refractivity contribution < 1.29 is 17.6 Å². The van der Waals surface area contributed by atoms with Crippen LogP contribution >= 0.6 is 0 Å². The Labute approximate surface area is 179 Å². The van der Waals surface area contributed by atoms with E-state index in [1.54, 1.807) is 4.90 Å². The maximum Gasteiger partial charge on any atom is 0.243 e. The number of nitrogens with one attached hydrogen (secondary N) is 1. The summed E-state index contributed by atoms with van der Waals surface area (Å²) in [4.78, 5) is 16.8. The molecule has 9 heteroatoms. The number of halogens is 1. The quantitative estimate of drug-likeness (QED) is 0.630. The molecule has 2 aliphatic rings. The highest BCUT2D eigenvalue weighted by atomic mass is 32.2. The van der Waals surface area contributed by atoms with Crippen molar-refractivity contribution in [3.63, 3.8) is 0 Å². The second kappa shape index (κ2) is 11.2. The van der Waals surface area contributed by atoms with Crippen molar-refractivity contribution in [3.8, 4) is 0 Å². The van der Waals surface area contributed by atoms with E-state index >= 15 is 0 Å². The lowest BCUT2D eigenvalue weighted by Crippen LogP contribution is -2.47. The van der Waals surface area contributed by atoms with Crippen LogP contribution in [-0.2, 0) is 14.8 Å². The lowest BCUT2D eigenvalue weighted by Gasteiger charge is -2.30. The molecule has 168 valence electrons. The van der Waals surface area contributed by atoms with Crippen LogP contribution in [0.25, 0.3) is 0 Å². The molecule has 3 rings (SSSR count). The molecule has 2 fully saturated rings. The smallest absolute Gasteiger partial charge is 0.243 e. The summed E-state index contributed by atoms with van der Waals surface area (Å²) < 4.78 is 41.0. The molecule has 0 bridgehead atoms. The van der Waals surface area contributed by atoms with Gasteiger partial charge in [-0.1, -0.05) is 6.42 Å². The zero-order valence-corrected chi connectivity index (χ0v) is 18.4. The summed E-state index contributed by atoms with van der Waals surface area (Å²) in [6.45, 7) is 6.29. The van der Waals surface area contributed by atoms with E-state index in [4.69, 9.17) is 0 Å². The average Bonchev–Trinajstić information content (AvgIpc) is 2.77. The van der Waals surface area contributed by atoms with E-state index in [2.05, 4.69) is 10.2 Å². The number of nitrogens with zero attached hydrogens (tertiary/aromatic N) is 3. The number of carbonyl (C=O) groups is 1. The van der Waals surface area contributed by atoms with E-state index in [9.17, 15) is 17.6 Å². The number of benzene rings is 1. The van der Waals surface area contributed by atoms with Gasteiger partial charge in [0.2, 0.25) is 15.9 Å². The number of hydrogen-bond acceptors (Lipinski definition) is 5. The molecule has 7 nitrogen and oxygen atoms in total. The van der Waals surface area contributed by atoms with E-state index < -0.39 is 15.8 Å². The van der Waals surface area contributed by atoms with Gasteiger partial charge in [-0.3, -0.25) is 4.79 Å². The molecule has 0 aromatic heterocycles. The van der Waals surface area contributed by atoms with Crippen LogP contribution in [-0.4, -0.2) is 87.3 Å². The van der Waals surface area contributed by atoms with Crippen molar-refractivity contribution in [1.82, 2.24) is 19.4 Å². The SMILES string of the molecule is O=C(CCN(CCCN1CCCCC1)S(=O)(=O)c1ccc(F)cc1)N1CCNCC1. The van der Waals surface area contributed by atoms with Gasteiger partial charge in [0.25, 0.3) is 0 Å². The van der Waals surface area contributed by atoms with Gasteiger partial charge in [0.15, 0.2) is 0 Å². The first-order valence-corrected chi connectivity index (χ1v) is 12.4. The third-order valence-corrected chi connectivity index (χ3v) is 7.74. The number of piperidine rings is 1. The van der Waals surface area contributed by atoms with E-state index in [0.29, 0.717) is 26.1 Å². The van der Waals surface area contributed by atoms with Crippen LogP contribution < -0.4 is 5.32 Å². The summed E-state index contributed by atoms with van der Waals surface area (Å²) in [5.41, 5.74) is 0. The number of carbonyl (C=O) groups excluding carboxylic acids is 1. The Morgan fingerprint density at radius 3 is 2.33 bits per heavy atom. The number of sulfonamides is 1. The molecule has 0 unspecified atom stereocenters. The molecule has 2 aliphatic heterocycles. The number of hydrogen-bond donors (Lipinski definition) is 1. The van der Waals surface area contributed by atoms with Crippen LogP contribution in [0.4, 0.5) is 4.39 Å². The third kappa shape index (κ3) is 6.47. The predicted octanol–water partition coefficient (Wildman–Crippen LogP) is 1.51. The molecule has 1 aromatic carbocycles. The van der Waals surface area contributed by atoms with Crippen LogP contribution in [0.15, 0.2) is 29.2 Å². The van der Waals surface area contributed by atoms with Crippen LogP contribution in [0.3, 0.4) is 0 Å². The van der Waals surface area contributed by atoms with Crippen molar-refractivity contribution >= 4 is 15.9 Å². The van der Waals surface area contributed by atoms with Gasteiger partial charge in [-0.2, -0.15) is 4.31 Å². The summed E-state index contributed by atoms with van der Waals surface area (Å²) in [5.74, 6) is -0.494. The largest absolute Gasteiger partial charge is 0.340 e. The Morgan fingerprint density at radius 1 is 1.00 bits per heavy atom. The lowest BCUT2D eigenvalue weighted by molar-refractivity contribution is -0.131. The maximum absolute atomic E-state index is 13.3. The molecule has 1 aromatic rings. The van der Waals surface area contributed by atoms with Crippen LogP contribution in [0.1, 0.15) is 32.1 Å². The van der Waals surface area contributed by atoms with Crippen molar-refractivity contribution in [2.24, 2.45) is 0 Å². The zero-order chi connectivity index (χ0) is 21.4. The normalized spacial score (nSPS) is 18.7. The Bertz CT molecular complexity index is 776. The fourth-order valence-electron chi connectivity index (χ4n) is 4.05. The van der Waals surface area contributed by atoms with Crippen LogP contribution in [0.2, 0.25) is 0 Å². The lowest BCUT2D eigenvalue weighted by atomic mass is 10.1. The minimum Gasteiger partial charge on any atom is -0.340 e. The van der Waals surface area contributed by atoms with E-state index in [0.717, 1.165) is 44.9 Å². The Kier molecular flexibility index (Phi) is 8.61. The number of rotatable bonds is 9. The third-order valence-electron chi connectivity index (χ3n) is 5.83. The molecule has 2 saturated heterocycles. The Hall–Kier alpha value is -1.55. The van der Waals surface area contributed by atoms with Crippen molar-refractivity contribution in [3.05, 3.63) is 30.1 Å². The van der Waals surface area contributed by atoms with Gasteiger partial charge in [-0.15, -0.1) is 0 Å². The summed E-state index contributed by atoms with van der Waals surface area (Å²) >= 11 is 0. The van der Waals surface area contributed by atoms with Gasteiger partial charge < -0.3 is 15.1 Å². The van der Waals surface area contributed by atoms with E-state index in [1.165, 1.54) is 35.7 Å². The predicted molar refractivity (Wildman–Crippen MR) is 114 cm³/mol. The molecular formula is C21H33FN4O3S. The van der Waals surface area contributed by atoms with Gasteiger partial charge >= 0.3 is 0 Å². The standard InChI is InChI=1S/C21H33FN4O3S/c22-19-5-7-20(8-6-19)30(28,29)26(15-4-14-24-12-2-1-3-13-24)16-9-21(27)25-17-10-23-11-18-25/h5-8,23H,1-4,9-18H2. The second-order valence-corrected chi connectivity index (χ2v) is 9.93. The first-order valence-electron chi connectivity index (χ1n) is 10.9. The molecule has 0 spiro atoms. The number of likely N-dealkylation sites (tertiary alicyclic amines) is 1. The average molecular weight is 441 g/mol. The molecular weight excluding hydrogens is 407 g/mol. The van der Waals surface area contributed by atoms with Gasteiger partial charge in [0.1, 0.15) is 5.82 Å². The molecule has 0 radical (unpaired) electrons.